The summed E-state index contributed by atoms with van der Waals surface area (Å²) in [6.07, 6.45) is 3.15. The standard InChI is InChI=1S/C16H24FN3O2/c1-2-3-4-7-18-16(21)19-13-5-6-15(14(17)12-13)20-8-10-22-11-9-20/h5-6,12H,2-4,7-11H2,1H3,(H2,18,19,21). The summed E-state index contributed by atoms with van der Waals surface area (Å²) in [5.41, 5.74) is 1.01. The predicted molar refractivity (Wildman–Crippen MR) is 86.0 cm³/mol. The van der Waals surface area contributed by atoms with Crippen molar-refractivity contribution in [1.29, 1.82) is 0 Å². The minimum atomic E-state index is -0.328. The van der Waals surface area contributed by atoms with E-state index in [1.807, 2.05) is 4.90 Å². The number of hydrogen-bond donors (Lipinski definition) is 2. The van der Waals surface area contributed by atoms with Gasteiger partial charge in [0, 0.05) is 25.3 Å². The van der Waals surface area contributed by atoms with Gasteiger partial charge in [-0.3, -0.25) is 0 Å². The molecule has 1 aromatic carbocycles. The molecule has 1 fully saturated rings. The lowest BCUT2D eigenvalue weighted by Crippen LogP contribution is -2.36. The summed E-state index contributed by atoms with van der Waals surface area (Å²) in [5, 5.41) is 5.42. The second-order valence-corrected chi connectivity index (χ2v) is 5.35. The third-order valence-corrected chi connectivity index (χ3v) is 3.62. The van der Waals surface area contributed by atoms with Gasteiger partial charge in [-0.25, -0.2) is 9.18 Å². The summed E-state index contributed by atoms with van der Waals surface area (Å²) in [6, 6.07) is 4.48. The molecule has 0 saturated carbocycles. The number of carbonyl (C=O) groups excluding carboxylic acids is 1. The summed E-state index contributed by atoms with van der Waals surface area (Å²) < 4.78 is 19.4. The highest BCUT2D eigenvalue weighted by molar-refractivity contribution is 5.89. The van der Waals surface area contributed by atoms with Gasteiger partial charge in [-0.15, -0.1) is 0 Å². The van der Waals surface area contributed by atoms with Crippen molar-refractivity contribution in [3.05, 3.63) is 24.0 Å². The maximum absolute atomic E-state index is 14.2. The second kappa shape index (κ2) is 8.58. The zero-order chi connectivity index (χ0) is 15.8. The molecule has 0 aromatic heterocycles. The number of halogens is 1. The van der Waals surface area contributed by atoms with Gasteiger partial charge in [-0.05, 0) is 24.6 Å². The fraction of sp³-hybridized carbons (Fsp3) is 0.562. The minimum Gasteiger partial charge on any atom is -0.378 e. The number of ether oxygens (including phenoxy) is 1. The van der Waals surface area contributed by atoms with Crippen LogP contribution >= 0.6 is 0 Å². The van der Waals surface area contributed by atoms with Crippen LogP contribution in [0.5, 0.6) is 0 Å². The van der Waals surface area contributed by atoms with Gasteiger partial charge in [-0.2, -0.15) is 0 Å². The third kappa shape index (κ3) is 4.87. The molecule has 0 radical (unpaired) electrons. The number of nitrogens with one attached hydrogen (secondary N) is 2. The van der Waals surface area contributed by atoms with E-state index >= 15 is 0 Å². The van der Waals surface area contributed by atoms with E-state index in [0.717, 1.165) is 19.3 Å². The zero-order valence-electron chi connectivity index (χ0n) is 13.0. The normalized spacial score (nSPS) is 14.7. The first-order chi connectivity index (χ1) is 10.7. The molecular formula is C16H24FN3O2. The summed E-state index contributed by atoms with van der Waals surface area (Å²) in [4.78, 5) is 13.7. The maximum Gasteiger partial charge on any atom is 0.319 e. The van der Waals surface area contributed by atoms with Crippen molar-refractivity contribution < 1.29 is 13.9 Å². The lowest BCUT2D eigenvalue weighted by atomic mass is 10.2. The van der Waals surface area contributed by atoms with Crippen molar-refractivity contribution in [2.24, 2.45) is 0 Å². The van der Waals surface area contributed by atoms with Crippen LogP contribution in [0.1, 0.15) is 26.2 Å². The van der Waals surface area contributed by atoms with Gasteiger partial charge >= 0.3 is 6.03 Å². The second-order valence-electron chi connectivity index (χ2n) is 5.35. The van der Waals surface area contributed by atoms with Crippen LogP contribution in [-0.4, -0.2) is 38.9 Å². The number of amides is 2. The number of anilines is 2. The van der Waals surface area contributed by atoms with Gasteiger partial charge in [0.25, 0.3) is 0 Å². The van der Waals surface area contributed by atoms with Crippen LogP contribution in [0.15, 0.2) is 18.2 Å². The SMILES string of the molecule is CCCCCNC(=O)Nc1ccc(N2CCOCC2)c(F)c1. The first-order valence-corrected chi connectivity index (χ1v) is 7.88. The number of nitrogens with zero attached hydrogens (tertiary/aromatic N) is 1. The number of unbranched alkanes of at least 4 members (excludes halogenated alkanes) is 2. The van der Waals surface area contributed by atoms with E-state index in [4.69, 9.17) is 4.74 Å². The molecule has 5 nitrogen and oxygen atoms in total. The smallest absolute Gasteiger partial charge is 0.319 e. The molecule has 6 heteroatoms. The highest BCUT2D eigenvalue weighted by Crippen LogP contribution is 2.23. The van der Waals surface area contributed by atoms with E-state index in [1.165, 1.54) is 6.07 Å². The van der Waals surface area contributed by atoms with Crippen LogP contribution in [0.2, 0.25) is 0 Å². The maximum atomic E-state index is 14.2. The molecule has 2 rings (SSSR count). The molecule has 1 aromatic rings. The number of carbonyl (C=O) groups is 1. The Kier molecular flexibility index (Phi) is 6.45. The molecule has 0 aliphatic carbocycles. The lowest BCUT2D eigenvalue weighted by Gasteiger charge is -2.29. The molecule has 0 spiro atoms. The van der Waals surface area contributed by atoms with Crippen molar-refractivity contribution in [2.75, 3.05) is 43.1 Å². The van der Waals surface area contributed by atoms with E-state index in [0.29, 0.717) is 44.2 Å². The summed E-state index contributed by atoms with van der Waals surface area (Å²) in [7, 11) is 0. The highest BCUT2D eigenvalue weighted by Gasteiger charge is 2.15. The third-order valence-electron chi connectivity index (χ3n) is 3.62. The largest absolute Gasteiger partial charge is 0.378 e. The average molecular weight is 309 g/mol. The molecule has 22 heavy (non-hydrogen) atoms. The first kappa shape index (κ1) is 16.5. The molecule has 122 valence electrons. The number of morpholine rings is 1. The molecule has 0 atom stereocenters. The van der Waals surface area contributed by atoms with Crippen molar-refractivity contribution >= 4 is 17.4 Å². The van der Waals surface area contributed by atoms with E-state index in [1.54, 1.807) is 12.1 Å². The van der Waals surface area contributed by atoms with Gasteiger partial charge in [0.2, 0.25) is 0 Å². The van der Waals surface area contributed by atoms with E-state index in [2.05, 4.69) is 17.6 Å². The van der Waals surface area contributed by atoms with Crippen LogP contribution in [0.4, 0.5) is 20.6 Å². The van der Waals surface area contributed by atoms with Crippen molar-refractivity contribution in [2.45, 2.75) is 26.2 Å². The Morgan fingerprint density at radius 1 is 1.32 bits per heavy atom. The van der Waals surface area contributed by atoms with Gasteiger partial charge in [-0.1, -0.05) is 19.8 Å². The highest BCUT2D eigenvalue weighted by atomic mass is 19.1. The Hall–Kier alpha value is -1.82. The Balaban J connectivity index is 1.87. The monoisotopic (exact) mass is 309 g/mol. The number of benzene rings is 1. The molecule has 1 saturated heterocycles. The zero-order valence-corrected chi connectivity index (χ0v) is 13.0. The van der Waals surface area contributed by atoms with Crippen molar-refractivity contribution in [3.63, 3.8) is 0 Å². The van der Waals surface area contributed by atoms with Crippen LogP contribution in [0, 0.1) is 5.82 Å². The number of urea groups is 1. The van der Waals surface area contributed by atoms with Crippen LogP contribution in [-0.2, 0) is 4.74 Å². The fourth-order valence-corrected chi connectivity index (χ4v) is 2.40. The molecule has 0 bridgehead atoms. The van der Waals surface area contributed by atoms with Crippen molar-refractivity contribution in [1.82, 2.24) is 5.32 Å². The van der Waals surface area contributed by atoms with Crippen molar-refractivity contribution in [3.8, 4) is 0 Å². The van der Waals surface area contributed by atoms with E-state index in [-0.39, 0.29) is 11.8 Å². The molecule has 1 aliphatic rings. The minimum absolute atomic E-state index is 0.297. The summed E-state index contributed by atoms with van der Waals surface area (Å²) in [6.45, 7) is 5.33. The average Bonchev–Trinajstić information content (AvgIpc) is 2.52. The Morgan fingerprint density at radius 3 is 2.77 bits per heavy atom. The molecule has 2 amide bonds. The Bertz CT molecular complexity index is 490. The Labute approximate surface area is 130 Å². The summed E-state index contributed by atoms with van der Waals surface area (Å²) in [5.74, 6) is -0.328. The van der Waals surface area contributed by atoms with Crippen LogP contribution in [0.3, 0.4) is 0 Å². The molecule has 0 unspecified atom stereocenters. The lowest BCUT2D eigenvalue weighted by molar-refractivity contribution is 0.122. The molecule has 2 N–H and O–H groups in total. The van der Waals surface area contributed by atoms with Crippen LogP contribution < -0.4 is 15.5 Å². The quantitative estimate of drug-likeness (QED) is 0.794. The number of rotatable bonds is 6. The van der Waals surface area contributed by atoms with Gasteiger partial charge < -0.3 is 20.3 Å². The summed E-state index contributed by atoms with van der Waals surface area (Å²) >= 11 is 0. The van der Waals surface area contributed by atoms with Crippen LogP contribution in [0.25, 0.3) is 0 Å². The Morgan fingerprint density at radius 2 is 2.09 bits per heavy atom. The molecule has 1 heterocycles. The molecule has 1 aliphatic heterocycles. The van der Waals surface area contributed by atoms with Gasteiger partial charge in [0.15, 0.2) is 0 Å². The fourth-order valence-electron chi connectivity index (χ4n) is 2.40. The number of hydrogen-bond acceptors (Lipinski definition) is 3. The van der Waals surface area contributed by atoms with Gasteiger partial charge in [0.05, 0.1) is 18.9 Å². The van der Waals surface area contributed by atoms with Gasteiger partial charge in [0.1, 0.15) is 5.82 Å². The van der Waals surface area contributed by atoms with E-state index in [9.17, 15) is 9.18 Å². The molecular weight excluding hydrogens is 285 g/mol. The first-order valence-electron chi connectivity index (χ1n) is 7.88. The predicted octanol–water partition coefficient (Wildman–Crippen LogP) is 2.97. The van der Waals surface area contributed by atoms with E-state index < -0.39 is 0 Å². The topological polar surface area (TPSA) is 53.6 Å².